The van der Waals surface area contributed by atoms with E-state index in [0.29, 0.717) is 25.4 Å². The zero-order valence-corrected chi connectivity index (χ0v) is 24.4. The van der Waals surface area contributed by atoms with E-state index in [1.165, 1.54) is 5.56 Å². The molecule has 6 rings (SSSR count). The lowest BCUT2D eigenvalue weighted by atomic mass is 9.79. The van der Waals surface area contributed by atoms with Crippen molar-refractivity contribution >= 4 is 23.2 Å². The fourth-order valence-electron chi connectivity index (χ4n) is 6.25. The van der Waals surface area contributed by atoms with Crippen molar-refractivity contribution in [3.63, 3.8) is 0 Å². The molecule has 0 bridgehead atoms. The summed E-state index contributed by atoms with van der Waals surface area (Å²) in [6, 6.07) is 22.7. The van der Waals surface area contributed by atoms with Crippen molar-refractivity contribution in [2.45, 2.75) is 37.6 Å². The minimum absolute atomic E-state index is 0.0227. The van der Waals surface area contributed by atoms with Gasteiger partial charge in [-0.25, -0.2) is 0 Å². The van der Waals surface area contributed by atoms with Crippen LogP contribution in [0.4, 0.5) is 11.4 Å². The van der Waals surface area contributed by atoms with Gasteiger partial charge in [0, 0.05) is 38.5 Å². The van der Waals surface area contributed by atoms with Gasteiger partial charge in [-0.1, -0.05) is 36.4 Å². The molecule has 1 saturated carbocycles. The van der Waals surface area contributed by atoms with Crippen LogP contribution in [0.1, 0.15) is 37.2 Å². The average molecular weight is 570 g/mol. The summed E-state index contributed by atoms with van der Waals surface area (Å²) < 4.78 is 16.4. The lowest BCUT2D eigenvalue weighted by molar-refractivity contribution is -0.123. The molecule has 1 N–H and O–H groups in total. The Morgan fingerprint density at radius 2 is 1.83 bits per heavy atom. The summed E-state index contributed by atoms with van der Waals surface area (Å²) in [6.45, 7) is 2.64. The van der Waals surface area contributed by atoms with Gasteiger partial charge < -0.3 is 29.3 Å². The second kappa shape index (κ2) is 12.5. The third kappa shape index (κ3) is 5.87. The van der Waals surface area contributed by atoms with E-state index >= 15 is 0 Å². The number of benzene rings is 3. The van der Waals surface area contributed by atoms with Crippen molar-refractivity contribution in [2.24, 2.45) is 5.92 Å². The van der Waals surface area contributed by atoms with Crippen molar-refractivity contribution in [1.29, 1.82) is 0 Å². The zero-order chi connectivity index (χ0) is 29.1. The largest absolute Gasteiger partial charge is 0.497 e. The van der Waals surface area contributed by atoms with Crippen LogP contribution in [-0.4, -0.2) is 64.9 Å². The standard InChI is InChI=1S/C34H39N3O5/c1-40-17-5-16-36-31-20-27(12-13-32(31)42-22-33(36)38)37(26-10-11-26)34(39)30-21-35-15-14-29(30)25-8-3-6-23(18-25)24-7-4-9-28(19-24)41-2/h3-4,6-9,12-13,18-20,26,29-30,35H,5,10-11,14-17,21-22H2,1-2H3/t29-,30+/m1/s1. The maximum absolute atomic E-state index is 14.5. The number of rotatable bonds is 10. The number of nitrogens with one attached hydrogen (secondary N) is 1. The molecule has 0 unspecified atom stereocenters. The molecule has 2 amide bonds. The molecule has 2 aliphatic heterocycles. The van der Waals surface area contributed by atoms with Crippen LogP contribution in [0.3, 0.4) is 0 Å². The van der Waals surface area contributed by atoms with Gasteiger partial charge in [-0.15, -0.1) is 0 Å². The normalized spacial score (nSPS) is 20.0. The molecule has 3 aromatic carbocycles. The Labute approximate surface area is 247 Å². The minimum Gasteiger partial charge on any atom is -0.497 e. The number of hydrogen-bond donors (Lipinski definition) is 1. The number of carbonyl (C=O) groups excluding carboxylic acids is 2. The van der Waals surface area contributed by atoms with Gasteiger partial charge in [0.15, 0.2) is 6.61 Å². The SMILES string of the molecule is COCCCN1C(=O)COc2ccc(N(C(=O)[C@H]3CNCC[C@@H]3c3cccc(-c4cccc(OC)c4)c3)C3CC3)cc21. The second-order valence-electron chi connectivity index (χ2n) is 11.3. The first kappa shape index (κ1) is 28.2. The van der Waals surface area contributed by atoms with Crippen molar-refractivity contribution in [3.05, 3.63) is 72.3 Å². The van der Waals surface area contributed by atoms with E-state index in [4.69, 9.17) is 14.2 Å². The molecule has 42 heavy (non-hydrogen) atoms. The van der Waals surface area contributed by atoms with Crippen LogP contribution in [0.25, 0.3) is 11.1 Å². The molecule has 8 heteroatoms. The Kier molecular flexibility index (Phi) is 8.44. The molecule has 2 heterocycles. The molecule has 0 radical (unpaired) electrons. The summed E-state index contributed by atoms with van der Waals surface area (Å²) in [5.74, 6) is 1.45. The molecule has 1 saturated heterocycles. The van der Waals surface area contributed by atoms with Gasteiger partial charge in [-0.3, -0.25) is 9.59 Å². The first-order valence-electron chi connectivity index (χ1n) is 14.9. The van der Waals surface area contributed by atoms with Gasteiger partial charge in [0.05, 0.1) is 18.7 Å². The van der Waals surface area contributed by atoms with Crippen molar-refractivity contribution in [1.82, 2.24) is 5.32 Å². The van der Waals surface area contributed by atoms with E-state index in [9.17, 15) is 9.59 Å². The van der Waals surface area contributed by atoms with E-state index in [0.717, 1.165) is 60.5 Å². The van der Waals surface area contributed by atoms with Gasteiger partial charge in [0.25, 0.3) is 5.91 Å². The van der Waals surface area contributed by atoms with Crippen LogP contribution in [0.5, 0.6) is 11.5 Å². The zero-order valence-electron chi connectivity index (χ0n) is 24.4. The van der Waals surface area contributed by atoms with Gasteiger partial charge in [0.2, 0.25) is 5.91 Å². The third-order valence-corrected chi connectivity index (χ3v) is 8.56. The lowest BCUT2D eigenvalue weighted by Gasteiger charge is -2.36. The summed E-state index contributed by atoms with van der Waals surface area (Å²) in [5.41, 5.74) is 4.93. The number of methoxy groups -OCH3 is 2. The number of ether oxygens (including phenoxy) is 3. The number of amides is 2. The monoisotopic (exact) mass is 569 g/mol. The highest BCUT2D eigenvalue weighted by molar-refractivity contribution is 6.01. The highest BCUT2D eigenvalue weighted by Gasteiger charge is 2.41. The van der Waals surface area contributed by atoms with Gasteiger partial charge >= 0.3 is 0 Å². The predicted octanol–water partition coefficient (Wildman–Crippen LogP) is 5.01. The van der Waals surface area contributed by atoms with Crippen molar-refractivity contribution < 1.29 is 23.8 Å². The molecule has 2 atom stereocenters. The van der Waals surface area contributed by atoms with Crippen LogP contribution < -0.4 is 24.6 Å². The molecular weight excluding hydrogens is 530 g/mol. The van der Waals surface area contributed by atoms with Crippen LogP contribution in [0.15, 0.2) is 66.7 Å². The van der Waals surface area contributed by atoms with Crippen LogP contribution in [-0.2, 0) is 14.3 Å². The molecule has 2 fully saturated rings. The van der Waals surface area contributed by atoms with Crippen LogP contribution in [0.2, 0.25) is 0 Å². The topological polar surface area (TPSA) is 80.3 Å². The molecule has 8 nitrogen and oxygen atoms in total. The Morgan fingerprint density at radius 3 is 2.62 bits per heavy atom. The Morgan fingerprint density at radius 1 is 1.02 bits per heavy atom. The van der Waals surface area contributed by atoms with Crippen LogP contribution >= 0.6 is 0 Å². The lowest BCUT2D eigenvalue weighted by Crippen LogP contribution is -2.47. The molecule has 1 aliphatic carbocycles. The number of nitrogens with zero attached hydrogens (tertiary/aromatic N) is 2. The highest BCUT2D eigenvalue weighted by atomic mass is 16.5. The Balaban J connectivity index is 1.29. The fourth-order valence-corrected chi connectivity index (χ4v) is 6.25. The molecular formula is C34H39N3O5. The van der Waals surface area contributed by atoms with Gasteiger partial charge in [-0.2, -0.15) is 0 Å². The van der Waals surface area contributed by atoms with Gasteiger partial charge in [-0.05, 0) is 85.2 Å². The summed E-state index contributed by atoms with van der Waals surface area (Å²) in [4.78, 5) is 31.0. The van der Waals surface area contributed by atoms with Crippen molar-refractivity contribution in [3.8, 4) is 22.6 Å². The summed E-state index contributed by atoms with van der Waals surface area (Å²) >= 11 is 0. The third-order valence-electron chi connectivity index (χ3n) is 8.56. The van der Waals surface area contributed by atoms with E-state index in [2.05, 4.69) is 35.6 Å². The second-order valence-corrected chi connectivity index (χ2v) is 11.3. The average Bonchev–Trinajstić information content (AvgIpc) is 3.87. The molecule has 0 spiro atoms. The molecule has 3 aromatic rings. The number of piperidine rings is 1. The first-order chi connectivity index (χ1) is 20.6. The predicted molar refractivity (Wildman–Crippen MR) is 163 cm³/mol. The quantitative estimate of drug-likeness (QED) is 0.346. The van der Waals surface area contributed by atoms with Crippen LogP contribution in [0, 0.1) is 5.92 Å². The summed E-state index contributed by atoms with van der Waals surface area (Å²) in [6.07, 6.45) is 3.57. The van der Waals surface area contributed by atoms with Crippen molar-refractivity contribution in [2.75, 3.05) is 56.9 Å². The molecule has 0 aromatic heterocycles. The van der Waals surface area contributed by atoms with E-state index in [1.807, 2.05) is 41.3 Å². The van der Waals surface area contributed by atoms with Gasteiger partial charge in [0.1, 0.15) is 11.5 Å². The number of carbonyl (C=O) groups is 2. The summed E-state index contributed by atoms with van der Waals surface area (Å²) in [7, 11) is 3.34. The smallest absolute Gasteiger partial charge is 0.265 e. The first-order valence-corrected chi connectivity index (χ1v) is 14.9. The molecule has 220 valence electrons. The maximum Gasteiger partial charge on any atom is 0.265 e. The fraction of sp³-hybridized carbons (Fsp3) is 0.412. The number of anilines is 2. The minimum atomic E-state index is -0.202. The van der Waals surface area contributed by atoms with E-state index in [-0.39, 0.29) is 36.3 Å². The van der Waals surface area contributed by atoms with E-state index in [1.54, 1.807) is 19.1 Å². The Bertz CT molecular complexity index is 1440. The number of fused-ring (bicyclic) bond motifs is 1. The Hall–Kier alpha value is -3.88. The van der Waals surface area contributed by atoms with E-state index < -0.39 is 0 Å². The number of hydrogen-bond acceptors (Lipinski definition) is 6. The maximum atomic E-state index is 14.5. The summed E-state index contributed by atoms with van der Waals surface area (Å²) in [5, 5.41) is 3.49. The molecule has 3 aliphatic rings. The highest BCUT2D eigenvalue weighted by Crippen LogP contribution is 2.42.